The maximum Gasteiger partial charge on any atom is 0.119 e. The smallest absolute Gasteiger partial charge is 0.119 e. The van der Waals surface area contributed by atoms with Crippen LogP contribution in [0.25, 0.3) is 0 Å². The highest BCUT2D eigenvalue weighted by Gasteiger charge is 2.62. The SMILES string of the molecule is CC1C2CCCCC2C2C3CC(Br)CCC3N([Si](C)(C)C)C12. The van der Waals surface area contributed by atoms with Crippen molar-refractivity contribution in [3.05, 3.63) is 0 Å². The Morgan fingerprint density at radius 3 is 2.27 bits per heavy atom. The molecule has 0 N–H and O–H groups in total. The lowest BCUT2D eigenvalue weighted by Gasteiger charge is -2.45. The summed E-state index contributed by atoms with van der Waals surface area (Å²) in [5, 5.41) is 0. The second-order valence-electron chi connectivity index (χ2n) is 9.76. The fraction of sp³-hybridized carbons (Fsp3) is 1.00. The molecule has 8 unspecified atom stereocenters. The van der Waals surface area contributed by atoms with Crippen LogP contribution < -0.4 is 0 Å². The van der Waals surface area contributed by atoms with Crippen LogP contribution in [0, 0.1) is 29.6 Å². The molecule has 1 saturated heterocycles. The molecule has 4 rings (SSSR count). The molecule has 0 amide bonds. The molecular formula is C19H34BrNSi. The summed E-state index contributed by atoms with van der Waals surface area (Å²) < 4.78 is 3.16. The van der Waals surface area contributed by atoms with E-state index in [1.807, 2.05) is 0 Å². The molecule has 3 aliphatic carbocycles. The minimum absolute atomic E-state index is 0.800. The van der Waals surface area contributed by atoms with Gasteiger partial charge in [-0.3, -0.25) is 0 Å². The topological polar surface area (TPSA) is 3.24 Å². The van der Waals surface area contributed by atoms with Gasteiger partial charge in [-0.2, -0.15) is 0 Å². The Balaban J connectivity index is 1.73. The lowest BCUT2D eigenvalue weighted by molar-refractivity contribution is 0.134. The van der Waals surface area contributed by atoms with Crippen molar-refractivity contribution < 1.29 is 0 Å². The third-order valence-electron chi connectivity index (χ3n) is 7.72. The number of fused-ring (bicyclic) bond motifs is 5. The van der Waals surface area contributed by atoms with Crippen molar-refractivity contribution in [3.8, 4) is 0 Å². The Morgan fingerprint density at radius 2 is 1.59 bits per heavy atom. The van der Waals surface area contributed by atoms with E-state index in [9.17, 15) is 0 Å². The highest BCUT2D eigenvalue weighted by Crippen LogP contribution is 2.61. The van der Waals surface area contributed by atoms with Crippen LogP contribution in [0.3, 0.4) is 0 Å². The molecule has 1 nitrogen and oxygen atoms in total. The summed E-state index contributed by atoms with van der Waals surface area (Å²) in [5.41, 5.74) is 0. The molecule has 0 aromatic carbocycles. The Labute approximate surface area is 146 Å². The highest BCUT2D eigenvalue weighted by atomic mass is 79.9. The van der Waals surface area contributed by atoms with Crippen LogP contribution in [0.5, 0.6) is 0 Å². The maximum absolute atomic E-state index is 3.99. The average molecular weight is 384 g/mol. The molecule has 4 fully saturated rings. The second kappa shape index (κ2) is 5.59. The van der Waals surface area contributed by atoms with E-state index in [1.165, 1.54) is 38.5 Å². The molecular weight excluding hydrogens is 350 g/mol. The van der Waals surface area contributed by atoms with Crippen LogP contribution in [0.1, 0.15) is 51.9 Å². The normalized spacial score (nSPS) is 52.2. The van der Waals surface area contributed by atoms with Crippen molar-refractivity contribution >= 4 is 24.2 Å². The van der Waals surface area contributed by atoms with Gasteiger partial charge in [0.2, 0.25) is 0 Å². The quantitative estimate of drug-likeness (QED) is 0.426. The third kappa shape index (κ3) is 2.32. The summed E-state index contributed by atoms with van der Waals surface area (Å²) >= 11 is 3.99. The summed E-state index contributed by atoms with van der Waals surface area (Å²) in [5.74, 6) is 5.13. The van der Waals surface area contributed by atoms with Crippen LogP contribution >= 0.6 is 15.9 Å². The van der Waals surface area contributed by atoms with Gasteiger partial charge in [0.1, 0.15) is 8.24 Å². The summed E-state index contributed by atoms with van der Waals surface area (Å²) in [7, 11) is -1.23. The molecule has 4 aliphatic rings. The van der Waals surface area contributed by atoms with Crippen LogP contribution in [0.15, 0.2) is 0 Å². The number of alkyl halides is 1. The number of hydrogen-bond donors (Lipinski definition) is 0. The maximum atomic E-state index is 3.99. The van der Waals surface area contributed by atoms with Crippen molar-refractivity contribution in [2.24, 2.45) is 29.6 Å². The van der Waals surface area contributed by atoms with Crippen molar-refractivity contribution in [1.29, 1.82) is 0 Å². The molecule has 22 heavy (non-hydrogen) atoms. The Kier molecular flexibility index (Phi) is 4.10. The zero-order valence-corrected chi connectivity index (χ0v) is 17.5. The van der Waals surface area contributed by atoms with Gasteiger partial charge in [-0.05, 0) is 61.7 Å². The van der Waals surface area contributed by atoms with Gasteiger partial charge in [0, 0.05) is 16.9 Å². The molecule has 126 valence electrons. The first-order chi connectivity index (χ1) is 10.4. The van der Waals surface area contributed by atoms with Crippen LogP contribution in [0.2, 0.25) is 19.6 Å². The van der Waals surface area contributed by atoms with Crippen molar-refractivity contribution in [3.63, 3.8) is 0 Å². The van der Waals surface area contributed by atoms with Gasteiger partial charge in [0.25, 0.3) is 0 Å². The van der Waals surface area contributed by atoms with E-state index in [4.69, 9.17) is 0 Å². The zero-order chi connectivity index (χ0) is 15.6. The van der Waals surface area contributed by atoms with Crippen LogP contribution in [-0.4, -0.2) is 29.7 Å². The first-order valence-electron chi connectivity index (χ1n) is 9.82. The molecule has 8 atom stereocenters. The lowest BCUT2D eigenvalue weighted by Crippen LogP contribution is -2.56. The molecule has 3 heteroatoms. The number of nitrogens with zero attached hydrogens (tertiary/aromatic N) is 1. The van der Waals surface area contributed by atoms with E-state index in [-0.39, 0.29) is 0 Å². The summed E-state index contributed by atoms with van der Waals surface area (Å²) in [4.78, 5) is 0.800. The molecule has 1 heterocycles. The minimum Gasteiger partial charge on any atom is -0.318 e. The van der Waals surface area contributed by atoms with Crippen molar-refractivity contribution in [1.82, 2.24) is 4.57 Å². The van der Waals surface area contributed by atoms with E-state index in [0.29, 0.717) is 0 Å². The van der Waals surface area contributed by atoms with Gasteiger partial charge in [0.05, 0.1) is 0 Å². The fourth-order valence-corrected chi connectivity index (χ4v) is 10.6. The van der Waals surface area contributed by atoms with Gasteiger partial charge in [-0.1, -0.05) is 55.3 Å². The first-order valence-corrected chi connectivity index (χ1v) is 14.2. The van der Waals surface area contributed by atoms with Gasteiger partial charge in [-0.25, -0.2) is 0 Å². The fourth-order valence-electron chi connectivity index (χ4n) is 7.25. The molecule has 3 saturated carbocycles. The van der Waals surface area contributed by atoms with Crippen molar-refractivity contribution in [2.45, 2.75) is 88.4 Å². The first kappa shape index (κ1) is 16.1. The monoisotopic (exact) mass is 383 g/mol. The number of halogens is 1. The van der Waals surface area contributed by atoms with E-state index in [1.54, 1.807) is 6.42 Å². The zero-order valence-electron chi connectivity index (χ0n) is 14.9. The molecule has 1 aliphatic heterocycles. The summed E-state index contributed by atoms with van der Waals surface area (Å²) in [6, 6.07) is 1.87. The van der Waals surface area contributed by atoms with Crippen LogP contribution in [0.4, 0.5) is 0 Å². The summed E-state index contributed by atoms with van der Waals surface area (Å²) in [6.45, 7) is 10.5. The van der Waals surface area contributed by atoms with E-state index >= 15 is 0 Å². The van der Waals surface area contributed by atoms with Crippen LogP contribution in [-0.2, 0) is 0 Å². The Bertz CT molecular complexity index is 434. The number of hydrogen-bond acceptors (Lipinski definition) is 1. The summed E-state index contributed by atoms with van der Waals surface area (Å²) in [6.07, 6.45) is 10.4. The molecule has 0 aromatic heterocycles. The van der Waals surface area contributed by atoms with Gasteiger partial charge in [-0.15, -0.1) is 0 Å². The average Bonchev–Trinajstić information content (AvgIpc) is 2.93. The van der Waals surface area contributed by atoms with Gasteiger partial charge in [0.15, 0.2) is 0 Å². The molecule has 0 radical (unpaired) electrons. The molecule has 0 bridgehead atoms. The van der Waals surface area contributed by atoms with Gasteiger partial charge >= 0.3 is 0 Å². The van der Waals surface area contributed by atoms with E-state index in [0.717, 1.165) is 46.5 Å². The van der Waals surface area contributed by atoms with E-state index in [2.05, 4.69) is 47.1 Å². The van der Waals surface area contributed by atoms with Gasteiger partial charge < -0.3 is 4.57 Å². The molecule has 0 aromatic rings. The standard InChI is InChI=1S/C19H34BrNSi/c1-12-14-7-5-6-8-15(14)18-16-11-13(20)9-10-17(16)21(19(12)18)22(2,3)4/h12-19H,5-11H2,1-4H3. The Morgan fingerprint density at radius 1 is 0.909 bits per heavy atom. The van der Waals surface area contributed by atoms with Crippen molar-refractivity contribution in [2.75, 3.05) is 0 Å². The van der Waals surface area contributed by atoms with E-state index < -0.39 is 8.24 Å². The third-order valence-corrected chi connectivity index (χ3v) is 10.7. The predicted octanol–water partition coefficient (Wildman–Crippen LogP) is 5.51. The highest BCUT2D eigenvalue weighted by molar-refractivity contribution is 9.09. The molecule has 0 spiro atoms. The second-order valence-corrected chi connectivity index (χ2v) is 15.9. The lowest BCUT2D eigenvalue weighted by atomic mass is 9.69. The number of rotatable bonds is 1. The minimum atomic E-state index is -1.23. The Hall–Kier alpha value is 0.657. The largest absolute Gasteiger partial charge is 0.318 e. The predicted molar refractivity (Wildman–Crippen MR) is 101 cm³/mol.